The van der Waals surface area contributed by atoms with Gasteiger partial charge in [0.25, 0.3) is 5.91 Å². The van der Waals surface area contributed by atoms with Gasteiger partial charge in [-0.15, -0.1) is 0 Å². The second-order valence-corrected chi connectivity index (χ2v) is 6.13. The van der Waals surface area contributed by atoms with Crippen LogP contribution in [0.5, 0.6) is 0 Å². The molecular formula is C16H18F3N3O2. The van der Waals surface area contributed by atoms with Gasteiger partial charge in [0.2, 0.25) is 6.10 Å². The number of nitrogens with zero attached hydrogens (tertiary/aromatic N) is 2. The Hall–Kier alpha value is -2.12. The molecule has 0 bridgehead atoms. The number of hydrogen-bond donors (Lipinski definition) is 1. The van der Waals surface area contributed by atoms with Gasteiger partial charge in [-0.25, -0.2) is 0 Å². The number of aromatic nitrogens is 1. The van der Waals surface area contributed by atoms with Crippen LogP contribution in [0.1, 0.15) is 37.7 Å². The fourth-order valence-electron chi connectivity index (χ4n) is 3.19. The molecule has 3 rings (SSSR count). The first-order chi connectivity index (χ1) is 11.4. The van der Waals surface area contributed by atoms with Crippen molar-refractivity contribution in [1.29, 1.82) is 0 Å². The van der Waals surface area contributed by atoms with Crippen molar-refractivity contribution in [3.8, 4) is 0 Å². The lowest BCUT2D eigenvalue weighted by Crippen LogP contribution is -2.50. The molecule has 0 aromatic carbocycles. The monoisotopic (exact) mass is 341 g/mol. The van der Waals surface area contributed by atoms with Crippen LogP contribution in [0.2, 0.25) is 0 Å². The van der Waals surface area contributed by atoms with Crippen LogP contribution in [0.25, 0.3) is 0 Å². The highest BCUT2D eigenvalue weighted by molar-refractivity contribution is 6.03. The van der Waals surface area contributed by atoms with Gasteiger partial charge in [-0.05, 0) is 25.0 Å². The van der Waals surface area contributed by atoms with Crippen LogP contribution >= 0.6 is 0 Å². The first kappa shape index (κ1) is 16.7. The molecule has 1 N–H and O–H groups in total. The number of nitrogens with one attached hydrogen (secondary N) is 1. The first-order valence-electron chi connectivity index (χ1n) is 7.95. The van der Waals surface area contributed by atoms with E-state index in [2.05, 4.69) is 15.5 Å². The summed E-state index contributed by atoms with van der Waals surface area (Å²) in [7, 11) is 0. The van der Waals surface area contributed by atoms with E-state index in [-0.39, 0.29) is 12.8 Å². The highest BCUT2D eigenvalue weighted by Crippen LogP contribution is 2.37. The Bertz CT molecular complexity index is 619. The molecule has 1 aromatic rings. The molecule has 2 aliphatic rings. The van der Waals surface area contributed by atoms with Gasteiger partial charge in [-0.2, -0.15) is 13.2 Å². The molecule has 0 saturated heterocycles. The summed E-state index contributed by atoms with van der Waals surface area (Å²) in [5, 5.41) is 6.38. The van der Waals surface area contributed by atoms with Crippen LogP contribution in [0.15, 0.2) is 29.7 Å². The standard InChI is InChI=1S/C16H18F3N3O2/c17-16(18,19)11-5-1-2-6-12(11)21-15(23)14-8-13(22-24-14)10-4-3-7-20-9-10/h3-4,7,9,11-12,14H,1-2,5-6,8H2,(H,21,23). The summed E-state index contributed by atoms with van der Waals surface area (Å²) in [6, 6.07) is 2.63. The van der Waals surface area contributed by atoms with Crippen LogP contribution < -0.4 is 5.32 Å². The third kappa shape index (κ3) is 3.68. The van der Waals surface area contributed by atoms with Crippen molar-refractivity contribution in [2.24, 2.45) is 11.1 Å². The van der Waals surface area contributed by atoms with E-state index in [1.807, 2.05) is 0 Å². The fourth-order valence-corrected chi connectivity index (χ4v) is 3.19. The van der Waals surface area contributed by atoms with E-state index in [4.69, 9.17) is 4.84 Å². The Morgan fingerprint density at radius 2 is 2.08 bits per heavy atom. The molecule has 1 aliphatic carbocycles. The molecule has 5 nitrogen and oxygen atoms in total. The minimum atomic E-state index is -4.30. The van der Waals surface area contributed by atoms with Crippen LogP contribution in [0, 0.1) is 5.92 Å². The van der Waals surface area contributed by atoms with E-state index in [0.717, 1.165) is 5.56 Å². The van der Waals surface area contributed by atoms with E-state index < -0.39 is 30.1 Å². The Morgan fingerprint density at radius 3 is 2.79 bits per heavy atom. The van der Waals surface area contributed by atoms with E-state index in [1.54, 1.807) is 24.5 Å². The van der Waals surface area contributed by atoms with Crippen LogP contribution in [0.4, 0.5) is 13.2 Å². The molecule has 1 aromatic heterocycles. The van der Waals surface area contributed by atoms with Crippen molar-refractivity contribution in [2.45, 2.75) is 50.4 Å². The van der Waals surface area contributed by atoms with E-state index in [0.29, 0.717) is 25.0 Å². The molecule has 3 unspecified atom stereocenters. The third-order valence-corrected chi connectivity index (χ3v) is 4.47. The molecule has 1 saturated carbocycles. The highest BCUT2D eigenvalue weighted by atomic mass is 19.4. The highest BCUT2D eigenvalue weighted by Gasteiger charge is 2.46. The molecule has 0 spiro atoms. The van der Waals surface area contributed by atoms with Crippen LogP contribution in [0.3, 0.4) is 0 Å². The smallest absolute Gasteiger partial charge is 0.382 e. The Morgan fingerprint density at radius 1 is 1.29 bits per heavy atom. The predicted molar refractivity (Wildman–Crippen MR) is 80.2 cm³/mol. The minimum Gasteiger partial charge on any atom is -0.382 e. The van der Waals surface area contributed by atoms with Gasteiger partial charge in [0, 0.05) is 30.4 Å². The number of hydrogen-bond acceptors (Lipinski definition) is 4. The second kappa shape index (κ2) is 6.78. The van der Waals surface area contributed by atoms with Gasteiger partial charge in [-0.1, -0.05) is 18.0 Å². The molecule has 0 radical (unpaired) electrons. The van der Waals surface area contributed by atoms with Crippen molar-refractivity contribution in [1.82, 2.24) is 10.3 Å². The van der Waals surface area contributed by atoms with Gasteiger partial charge < -0.3 is 10.2 Å². The number of pyridine rings is 1. The average Bonchev–Trinajstić information content (AvgIpc) is 3.05. The maximum atomic E-state index is 13.1. The maximum absolute atomic E-state index is 13.1. The van der Waals surface area contributed by atoms with E-state index >= 15 is 0 Å². The third-order valence-electron chi connectivity index (χ3n) is 4.47. The van der Waals surface area contributed by atoms with Crippen molar-refractivity contribution >= 4 is 11.6 Å². The summed E-state index contributed by atoms with van der Waals surface area (Å²) < 4.78 is 39.3. The first-order valence-corrected chi connectivity index (χ1v) is 7.95. The van der Waals surface area contributed by atoms with Gasteiger partial charge in [0.05, 0.1) is 11.6 Å². The zero-order chi connectivity index (χ0) is 17.2. The lowest BCUT2D eigenvalue weighted by Gasteiger charge is -2.33. The summed E-state index contributed by atoms with van der Waals surface area (Å²) in [4.78, 5) is 21.3. The zero-order valence-corrected chi connectivity index (χ0v) is 12.9. The second-order valence-electron chi connectivity index (χ2n) is 6.13. The molecule has 130 valence electrons. The van der Waals surface area contributed by atoms with Gasteiger partial charge >= 0.3 is 6.18 Å². The quantitative estimate of drug-likeness (QED) is 0.919. The number of amides is 1. The molecule has 1 amide bonds. The zero-order valence-electron chi connectivity index (χ0n) is 12.9. The summed E-state index contributed by atoms with van der Waals surface area (Å²) in [5.74, 6) is -2.03. The number of alkyl halides is 3. The predicted octanol–water partition coefficient (Wildman–Crippen LogP) is 2.81. The molecule has 2 heterocycles. The van der Waals surface area contributed by atoms with Crippen LogP contribution in [-0.4, -0.2) is 34.9 Å². The Kier molecular flexibility index (Phi) is 4.73. The van der Waals surface area contributed by atoms with Crippen molar-refractivity contribution in [3.63, 3.8) is 0 Å². The largest absolute Gasteiger partial charge is 0.393 e. The van der Waals surface area contributed by atoms with Gasteiger partial charge in [0.1, 0.15) is 0 Å². The SMILES string of the molecule is O=C(NC1CCCCC1C(F)(F)F)C1CC(c2cccnc2)=NO1. The van der Waals surface area contributed by atoms with Gasteiger partial charge in [0.15, 0.2) is 0 Å². The number of halogens is 3. The number of carbonyl (C=O) groups excluding carboxylic acids is 1. The fraction of sp³-hybridized carbons (Fsp3) is 0.562. The Balaban J connectivity index is 1.60. The minimum absolute atomic E-state index is 0.0530. The van der Waals surface area contributed by atoms with Crippen molar-refractivity contribution in [2.75, 3.05) is 0 Å². The summed E-state index contributed by atoms with van der Waals surface area (Å²) >= 11 is 0. The molecule has 8 heteroatoms. The maximum Gasteiger partial charge on any atom is 0.393 e. The molecule has 24 heavy (non-hydrogen) atoms. The van der Waals surface area contributed by atoms with Gasteiger partial charge in [-0.3, -0.25) is 9.78 Å². The average molecular weight is 341 g/mol. The number of oxime groups is 1. The molecular weight excluding hydrogens is 323 g/mol. The molecule has 1 aliphatic heterocycles. The lowest BCUT2D eigenvalue weighted by molar-refractivity contribution is -0.189. The summed E-state index contributed by atoms with van der Waals surface area (Å²) in [6.45, 7) is 0. The topological polar surface area (TPSA) is 63.6 Å². The van der Waals surface area contributed by atoms with E-state index in [9.17, 15) is 18.0 Å². The van der Waals surface area contributed by atoms with Crippen LogP contribution in [-0.2, 0) is 9.63 Å². The lowest BCUT2D eigenvalue weighted by atomic mass is 9.84. The van der Waals surface area contributed by atoms with Crippen molar-refractivity contribution < 1.29 is 22.8 Å². The number of carbonyl (C=O) groups is 1. The normalized spacial score (nSPS) is 27.3. The molecule has 3 atom stereocenters. The van der Waals surface area contributed by atoms with Crippen molar-refractivity contribution in [3.05, 3.63) is 30.1 Å². The summed E-state index contributed by atoms with van der Waals surface area (Å²) in [5.41, 5.74) is 1.30. The summed E-state index contributed by atoms with van der Waals surface area (Å²) in [6.07, 6.45) is -0.154. The molecule has 1 fully saturated rings. The Labute approximate surface area is 137 Å². The van der Waals surface area contributed by atoms with E-state index in [1.165, 1.54) is 0 Å². The number of rotatable bonds is 3.